The molecule has 2 aromatic carbocycles. The third-order valence-corrected chi connectivity index (χ3v) is 5.34. The van der Waals surface area contributed by atoms with E-state index in [0.717, 1.165) is 43.0 Å². The number of hydrogen-bond acceptors (Lipinski definition) is 4. The molecule has 1 N–H and O–H groups in total. The molecule has 1 fully saturated rings. The van der Waals surface area contributed by atoms with Gasteiger partial charge in [-0.05, 0) is 34.9 Å². The van der Waals surface area contributed by atoms with Gasteiger partial charge in [-0.2, -0.15) is 0 Å². The van der Waals surface area contributed by atoms with Gasteiger partial charge in [0.1, 0.15) is 5.82 Å². The number of ether oxygens (including phenoxy) is 1. The predicted molar refractivity (Wildman–Crippen MR) is 120 cm³/mol. The van der Waals surface area contributed by atoms with E-state index in [9.17, 15) is 9.18 Å². The Balaban J connectivity index is 0.00000289. The van der Waals surface area contributed by atoms with Crippen molar-refractivity contribution in [3.05, 3.63) is 89.4 Å². The first-order valence-electron chi connectivity index (χ1n) is 10.5. The number of nitrogens with zero attached hydrogens (tertiary/aromatic N) is 2. The first-order chi connectivity index (χ1) is 15.2. The minimum Gasteiger partial charge on any atom is -0.379 e. The van der Waals surface area contributed by atoms with Crippen LogP contribution >= 0.6 is 0 Å². The summed E-state index contributed by atoms with van der Waals surface area (Å²) in [5, 5.41) is 2.90. The summed E-state index contributed by atoms with van der Waals surface area (Å²) in [5.41, 5.74) is 3.81. The van der Waals surface area contributed by atoms with Crippen LogP contribution in [0, 0.1) is 5.82 Å². The topological polar surface area (TPSA) is 54.5 Å². The molecule has 2 heterocycles. The number of nitrogens with one attached hydrogen (secondary N) is 1. The molecule has 6 heteroatoms. The molecule has 0 spiro atoms. The summed E-state index contributed by atoms with van der Waals surface area (Å²) in [6.07, 6.45) is 1.87. The largest absolute Gasteiger partial charge is 0.379 e. The fraction of sp³-hybridized carbons (Fsp3) is 0.280. The number of carbonyl (C=O) groups excluding carboxylic acids is 1. The summed E-state index contributed by atoms with van der Waals surface area (Å²) < 4.78 is 20.1. The SMILES string of the molecule is O=C(Cc1ccc(-c2ccc(CN3CCOCC3)cc2F)nc1)NCc1ccccc1.[HH]. The molecule has 1 aromatic heterocycles. The Morgan fingerprint density at radius 1 is 1.03 bits per heavy atom. The standard InChI is InChI=1S/C25H26FN3O2.H2/c26-23-14-21(18-29-10-12-31-13-11-29)6-8-22(23)24-9-7-20(17-27-24)15-25(30)28-16-19-4-2-1-3-5-19;/h1-9,14,17H,10-13,15-16,18H2,(H,28,30);1H. The lowest BCUT2D eigenvalue weighted by Gasteiger charge is -2.26. The molecule has 0 aliphatic carbocycles. The summed E-state index contributed by atoms with van der Waals surface area (Å²) in [6, 6.07) is 18.7. The van der Waals surface area contributed by atoms with Gasteiger partial charge in [-0.3, -0.25) is 14.7 Å². The Labute approximate surface area is 183 Å². The van der Waals surface area contributed by atoms with Gasteiger partial charge in [0.15, 0.2) is 0 Å². The van der Waals surface area contributed by atoms with E-state index in [-0.39, 0.29) is 19.6 Å². The normalized spacial score (nSPS) is 14.4. The van der Waals surface area contributed by atoms with E-state index >= 15 is 0 Å². The highest BCUT2D eigenvalue weighted by atomic mass is 19.1. The highest BCUT2D eigenvalue weighted by Crippen LogP contribution is 2.23. The van der Waals surface area contributed by atoms with E-state index in [0.29, 0.717) is 24.3 Å². The van der Waals surface area contributed by atoms with Crippen molar-refractivity contribution in [3.8, 4) is 11.3 Å². The van der Waals surface area contributed by atoms with Gasteiger partial charge < -0.3 is 10.1 Å². The zero-order valence-corrected chi connectivity index (χ0v) is 17.4. The number of halogens is 1. The van der Waals surface area contributed by atoms with Crippen molar-refractivity contribution in [1.82, 2.24) is 15.2 Å². The minimum atomic E-state index is -0.286. The van der Waals surface area contributed by atoms with Crippen molar-refractivity contribution >= 4 is 5.91 Å². The Bertz CT molecular complexity index is 1010. The Kier molecular flexibility index (Phi) is 7.02. The number of rotatable bonds is 7. The van der Waals surface area contributed by atoms with Gasteiger partial charge in [0, 0.05) is 39.4 Å². The number of pyridine rings is 1. The Hall–Kier alpha value is -3.09. The van der Waals surface area contributed by atoms with E-state index in [1.54, 1.807) is 24.4 Å². The molecule has 4 rings (SSSR count). The molecule has 0 unspecified atom stereocenters. The zero-order valence-electron chi connectivity index (χ0n) is 17.4. The van der Waals surface area contributed by atoms with Crippen molar-refractivity contribution < 1.29 is 15.3 Å². The van der Waals surface area contributed by atoms with E-state index in [1.165, 1.54) is 0 Å². The van der Waals surface area contributed by atoms with Crippen molar-refractivity contribution in [2.75, 3.05) is 26.3 Å². The van der Waals surface area contributed by atoms with Crippen molar-refractivity contribution in [2.24, 2.45) is 0 Å². The highest BCUT2D eigenvalue weighted by Gasteiger charge is 2.13. The Morgan fingerprint density at radius 2 is 1.81 bits per heavy atom. The number of hydrogen-bond donors (Lipinski definition) is 1. The number of carbonyl (C=O) groups is 1. The average molecular weight is 422 g/mol. The fourth-order valence-electron chi connectivity index (χ4n) is 3.61. The van der Waals surface area contributed by atoms with Crippen LogP contribution in [0.3, 0.4) is 0 Å². The zero-order chi connectivity index (χ0) is 21.5. The molecule has 0 saturated carbocycles. The maximum atomic E-state index is 14.7. The van der Waals surface area contributed by atoms with Crippen LogP contribution in [0.2, 0.25) is 0 Å². The molecule has 31 heavy (non-hydrogen) atoms. The van der Waals surface area contributed by atoms with Gasteiger partial charge in [-0.15, -0.1) is 0 Å². The Morgan fingerprint density at radius 3 is 2.52 bits per heavy atom. The van der Waals surface area contributed by atoms with Crippen LogP contribution in [0.4, 0.5) is 4.39 Å². The van der Waals surface area contributed by atoms with Crippen LogP contribution < -0.4 is 5.32 Å². The second-order valence-electron chi connectivity index (χ2n) is 7.69. The number of benzene rings is 2. The van der Waals surface area contributed by atoms with Crippen LogP contribution in [0.5, 0.6) is 0 Å². The molecular formula is C25H28FN3O2. The first-order valence-corrected chi connectivity index (χ1v) is 10.5. The van der Waals surface area contributed by atoms with Gasteiger partial charge in [-0.25, -0.2) is 4.39 Å². The summed E-state index contributed by atoms with van der Waals surface area (Å²) in [4.78, 5) is 18.8. The number of amides is 1. The van der Waals surface area contributed by atoms with Crippen LogP contribution in [-0.4, -0.2) is 42.1 Å². The third-order valence-electron chi connectivity index (χ3n) is 5.34. The predicted octanol–water partition coefficient (Wildman–Crippen LogP) is 3.82. The summed E-state index contributed by atoms with van der Waals surface area (Å²) >= 11 is 0. The molecule has 1 saturated heterocycles. The molecule has 162 valence electrons. The lowest BCUT2D eigenvalue weighted by atomic mass is 10.1. The fourth-order valence-corrected chi connectivity index (χ4v) is 3.61. The molecule has 0 radical (unpaired) electrons. The smallest absolute Gasteiger partial charge is 0.224 e. The molecule has 1 aliphatic rings. The van der Waals surface area contributed by atoms with E-state index < -0.39 is 0 Å². The molecule has 0 atom stereocenters. The maximum absolute atomic E-state index is 14.7. The molecule has 3 aromatic rings. The third kappa shape index (κ3) is 5.96. The average Bonchev–Trinajstić information content (AvgIpc) is 2.80. The van der Waals surface area contributed by atoms with Crippen LogP contribution in [0.25, 0.3) is 11.3 Å². The van der Waals surface area contributed by atoms with Crippen molar-refractivity contribution in [1.29, 1.82) is 0 Å². The van der Waals surface area contributed by atoms with Crippen LogP contribution in [-0.2, 0) is 29.0 Å². The highest BCUT2D eigenvalue weighted by molar-refractivity contribution is 5.78. The van der Waals surface area contributed by atoms with E-state index in [4.69, 9.17) is 4.74 Å². The lowest BCUT2D eigenvalue weighted by Crippen LogP contribution is -2.35. The van der Waals surface area contributed by atoms with Gasteiger partial charge in [0.2, 0.25) is 5.91 Å². The van der Waals surface area contributed by atoms with Gasteiger partial charge in [-0.1, -0.05) is 42.5 Å². The number of morpholine rings is 1. The molecule has 1 aliphatic heterocycles. The molecule has 0 bridgehead atoms. The molecular weight excluding hydrogens is 393 g/mol. The van der Waals surface area contributed by atoms with Gasteiger partial charge >= 0.3 is 0 Å². The van der Waals surface area contributed by atoms with Crippen molar-refractivity contribution in [2.45, 2.75) is 19.5 Å². The van der Waals surface area contributed by atoms with E-state index in [2.05, 4.69) is 15.2 Å². The van der Waals surface area contributed by atoms with Crippen molar-refractivity contribution in [3.63, 3.8) is 0 Å². The van der Waals surface area contributed by atoms with Gasteiger partial charge in [0.05, 0.1) is 25.3 Å². The lowest BCUT2D eigenvalue weighted by molar-refractivity contribution is -0.120. The minimum absolute atomic E-state index is 0. The van der Waals surface area contributed by atoms with Crippen LogP contribution in [0.1, 0.15) is 18.1 Å². The molecule has 5 nitrogen and oxygen atoms in total. The quantitative estimate of drug-likeness (QED) is 0.630. The first kappa shape index (κ1) is 21.2. The summed E-state index contributed by atoms with van der Waals surface area (Å²) in [7, 11) is 0. The van der Waals surface area contributed by atoms with E-state index in [1.807, 2.05) is 42.5 Å². The second kappa shape index (κ2) is 10.3. The summed E-state index contributed by atoms with van der Waals surface area (Å²) in [6.45, 7) is 4.39. The molecule has 1 amide bonds. The second-order valence-corrected chi connectivity index (χ2v) is 7.69. The summed E-state index contributed by atoms with van der Waals surface area (Å²) in [5.74, 6) is -0.358. The monoisotopic (exact) mass is 421 g/mol. The number of aromatic nitrogens is 1. The van der Waals surface area contributed by atoms with Crippen LogP contribution in [0.15, 0.2) is 66.9 Å². The van der Waals surface area contributed by atoms with Gasteiger partial charge in [0.25, 0.3) is 0 Å². The maximum Gasteiger partial charge on any atom is 0.224 e.